The Morgan fingerprint density at radius 3 is 3.06 bits per heavy atom. The van der Waals surface area contributed by atoms with Gasteiger partial charge in [-0.2, -0.15) is 5.10 Å². The Kier molecular flexibility index (Phi) is 4.39. The summed E-state index contributed by atoms with van der Waals surface area (Å²) in [5.74, 6) is 0.887. The summed E-state index contributed by atoms with van der Waals surface area (Å²) in [6.45, 7) is 2.55. The lowest BCUT2D eigenvalue weighted by molar-refractivity contribution is -0.113. The molecule has 0 spiro atoms. The molecule has 0 unspecified atom stereocenters. The molecule has 0 aliphatic carbocycles. The van der Waals surface area contributed by atoms with Crippen LogP contribution in [0.1, 0.15) is 12.8 Å². The average molecular weight is 258 g/mol. The minimum atomic E-state index is -0.233. The van der Waals surface area contributed by atoms with Crippen LogP contribution in [0.3, 0.4) is 0 Å². The number of nitrogens with one attached hydrogen (secondary N) is 1. The van der Waals surface area contributed by atoms with Crippen molar-refractivity contribution < 1.29 is 9.53 Å². The van der Waals surface area contributed by atoms with E-state index in [0.717, 1.165) is 32.6 Å². The fraction of sp³-hybridized carbons (Fsp3) is 0.636. The summed E-state index contributed by atoms with van der Waals surface area (Å²) in [7, 11) is 0. The molecule has 17 heavy (non-hydrogen) atoms. The van der Waals surface area contributed by atoms with Gasteiger partial charge in [0.15, 0.2) is 5.82 Å². The zero-order valence-corrected chi connectivity index (χ0v) is 10.3. The van der Waals surface area contributed by atoms with E-state index in [0.29, 0.717) is 11.7 Å². The van der Waals surface area contributed by atoms with E-state index < -0.39 is 0 Å². The van der Waals surface area contributed by atoms with Crippen LogP contribution in [0, 0.1) is 5.92 Å². The molecule has 0 bridgehead atoms. The highest BCUT2D eigenvalue weighted by atomic mass is 35.5. The lowest BCUT2D eigenvalue weighted by Gasteiger charge is -2.21. The molecule has 1 aromatic rings. The predicted octanol–water partition coefficient (Wildman–Crippen LogP) is 1.49. The second-order valence-electron chi connectivity index (χ2n) is 4.16. The molecule has 0 aromatic carbocycles. The van der Waals surface area contributed by atoms with Gasteiger partial charge in [-0.3, -0.25) is 9.48 Å². The van der Waals surface area contributed by atoms with Crippen molar-refractivity contribution >= 4 is 23.3 Å². The number of carbonyl (C=O) groups excluding carboxylic acids is 1. The molecule has 1 N–H and O–H groups in total. The lowest BCUT2D eigenvalue weighted by atomic mass is 10.0. The van der Waals surface area contributed by atoms with E-state index in [-0.39, 0.29) is 11.8 Å². The maximum Gasteiger partial charge on any atom is 0.240 e. The Labute approximate surface area is 105 Å². The molecule has 1 aromatic heterocycles. The van der Waals surface area contributed by atoms with Crippen LogP contribution in [-0.4, -0.2) is 34.8 Å². The van der Waals surface area contributed by atoms with Crippen molar-refractivity contribution in [2.75, 3.05) is 24.4 Å². The zero-order valence-electron chi connectivity index (χ0n) is 9.56. The molecular formula is C11H16ClN3O2. The van der Waals surface area contributed by atoms with Crippen LogP contribution in [0.4, 0.5) is 5.82 Å². The number of halogens is 1. The van der Waals surface area contributed by atoms with Gasteiger partial charge in [0.05, 0.1) is 0 Å². The normalized spacial score (nSPS) is 17.0. The minimum absolute atomic E-state index is 0.0488. The molecule has 5 nitrogen and oxygen atoms in total. The van der Waals surface area contributed by atoms with E-state index in [2.05, 4.69) is 10.4 Å². The highest BCUT2D eigenvalue weighted by molar-refractivity contribution is 6.28. The minimum Gasteiger partial charge on any atom is -0.381 e. The Morgan fingerprint density at radius 2 is 2.35 bits per heavy atom. The van der Waals surface area contributed by atoms with Crippen LogP contribution < -0.4 is 5.32 Å². The number of ether oxygens (including phenoxy) is 1. The Balaban J connectivity index is 1.86. The SMILES string of the molecule is O=C(CCl)Nc1ccn(CC2CCOCC2)n1. The molecule has 94 valence electrons. The molecule has 1 aliphatic rings. The summed E-state index contributed by atoms with van der Waals surface area (Å²) in [5.41, 5.74) is 0. The van der Waals surface area contributed by atoms with Gasteiger partial charge in [-0.1, -0.05) is 0 Å². The van der Waals surface area contributed by atoms with Gasteiger partial charge in [0.2, 0.25) is 5.91 Å². The third kappa shape index (κ3) is 3.71. The molecule has 6 heteroatoms. The smallest absolute Gasteiger partial charge is 0.240 e. The number of nitrogens with zero attached hydrogens (tertiary/aromatic N) is 2. The first-order valence-corrected chi connectivity index (χ1v) is 6.28. The molecule has 0 radical (unpaired) electrons. The Bertz CT molecular complexity index is 375. The highest BCUT2D eigenvalue weighted by Crippen LogP contribution is 2.17. The Hall–Kier alpha value is -1.07. The van der Waals surface area contributed by atoms with Crippen molar-refractivity contribution in [2.45, 2.75) is 19.4 Å². The monoisotopic (exact) mass is 257 g/mol. The van der Waals surface area contributed by atoms with Crippen LogP contribution in [0.2, 0.25) is 0 Å². The van der Waals surface area contributed by atoms with Crippen molar-refractivity contribution in [3.8, 4) is 0 Å². The highest BCUT2D eigenvalue weighted by Gasteiger charge is 2.14. The van der Waals surface area contributed by atoms with Gasteiger partial charge >= 0.3 is 0 Å². The first-order chi connectivity index (χ1) is 8.28. The number of carbonyl (C=O) groups is 1. The summed E-state index contributed by atoms with van der Waals surface area (Å²) >= 11 is 5.40. The number of hydrogen-bond donors (Lipinski definition) is 1. The van der Waals surface area contributed by atoms with Gasteiger partial charge in [-0.05, 0) is 18.8 Å². The summed E-state index contributed by atoms with van der Waals surface area (Å²) in [6.07, 6.45) is 4.02. The van der Waals surface area contributed by atoms with Crippen LogP contribution in [-0.2, 0) is 16.1 Å². The Morgan fingerprint density at radius 1 is 1.59 bits per heavy atom. The van der Waals surface area contributed by atoms with Crippen LogP contribution >= 0.6 is 11.6 Å². The second kappa shape index (κ2) is 6.02. The van der Waals surface area contributed by atoms with Crippen molar-refractivity contribution in [1.29, 1.82) is 0 Å². The fourth-order valence-electron chi connectivity index (χ4n) is 1.90. The van der Waals surface area contributed by atoms with E-state index in [1.54, 1.807) is 6.07 Å². The third-order valence-corrected chi connectivity index (χ3v) is 3.06. The fourth-order valence-corrected chi connectivity index (χ4v) is 1.97. The van der Waals surface area contributed by atoms with Gasteiger partial charge in [-0.25, -0.2) is 0 Å². The molecule has 2 heterocycles. The molecule has 1 fully saturated rings. The largest absolute Gasteiger partial charge is 0.381 e. The van der Waals surface area contributed by atoms with Gasteiger partial charge in [0.25, 0.3) is 0 Å². The summed E-state index contributed by atoms with van der Waals surface area (Å²) < 4.78 is 7.17. The maximum absolute atomic E-state index is 11.1. The summed E-state index contributed by atoms with van der Waals surface area (Å²) in [4.78, 5) is 11.1. The molecule has 1 aliphatic heterocycles. The quantitative estimate of drug-likeness (QED) is 0.832. The van der Waals surface area contributed by atoms with Gasteiger partial charge in [0.1, 0.15) is 5.88 Å². The molecule has 0 saturated carbocycles. The van der Waals surface area contributed by atoms with Crippen LogP contribution in [0.15, 0.2) is 12.3 Å². The van der Waals surface area contributed by atoms with Crippen molar-refractivity contribution in [1.82, 2.24) is 9.78 Å². The van der Waals surface area contributed by atoms with Gasteiger partial charge in [-0.15, -0.1) is 11.6 Å². The molecule has 2 rings (SSSR count). The van der Waals surface area contributed by atoms with E-state index >= 15 is 0 Å². The maximum atomic E-state index is 11.1. The third-order valence-electron chi connectivity index (χ3n) is 2.82. The number of rotatable bonds is 4. The van der Waals surface area contributed by atoms with Crippen molar-refractivity contribution in [3.63, 3.8) is 0 Å². The molecular weight excluding hydrogens is 242 g/mol. The predicted molar refractivity (Wildman–Crippen MR) is 65.1 cm³/mol. The van der Waals surface area contributed by atoms with E-state index in [9.17, 15) is 4.79 Å². The number of hydrogen-bond acceptors (Lipinski definition) is 3. The van der Waals surface area contributed by atoms with Crippen LogP contribution in [0.5, 0.6) is 0 Å². The van der Waals surface area contributed by atoms with E-state index in [1.807, 2.05) is 10.9 Å². The van der Waals surface area contributed by atoms with Crippen molar-refractivity contribution in [2.24, 2.45) is 5.92 Å². The molecule has 0 atom stereocenters. The average Bonchev–Trinajstić information content (AvgIpc) is 2.77. The molecule has 1 saturated heterocycles. The zero-order chi connectivity index (χ0) is 12.1. The van der Waals surface area contributed by atoms with E-state index in [4.69, 9.17) is 16.3 Å². The first kappa shape index (κ1) is 12.4. The number of anilines is 1. The number of aromatic nitrogens is 2. The number of alkyl halides is 1. The summed E-state index contributed by atoms with van der Waals surface area (Å²) in [6, 6.07) is 1.78. The first-order valence-electron chi connectivity index (χ1n) is 5.75. The topological polar surface area (TPSA) is 56.2 Å². The van der Waals surface area contributed by atoms with Gasteiger partial charge in [0, 0.05) is 32.0 Å². The van der Waals surface area contributed by atoms with Gasteiger partial charge < -0.3 is 10.1 Å². The van der Waals surface area contributed by atoms with Crippen molar-refractivity contribution in [3.05, 3.63) is 12.3 Å². The molecule has 1 amide bonds. The summed E-state index contributed by atoms with van der Waals surface area (Å²) in [5, 5.41) is 6.90. The van der Waals surface area contributed by atoms with E-state index in [1.165, 1.54) is 0 Å². The lowest BCUT2D eigenvalue weighted by Crippen LogP contribution is -2.21. The number of amides is 1. The second-order valence-corrected chi connectivity index (χ2v) is 4.43. The standard InChI is InChI=1S/C11H16ClN3O2/c12-7-11(16)13-10-1-4-15(14-10)8-9-2-5-17-6-3-9/h1,4,9H,2-3,5-8H2,(H,13,14,16). The van der Waals surface area contributed by atoms with Crippen LogP contribution in [0.25, 0.3) is 0 Å².